The van der Waals surface area contributed by atoms with Gasteiger partial charge in [0.05, 0.1) is 4.91 Å². The molecule has 0 spiro atoms. The average molecular weight is 417 g/mol. The number of piperazine rings is 1. The molecule has 1 fully saturated rings. The van der Waals surface area contributed by atoms with Gasteiger partial charge in [-0.25, -0.2) is 0 Å². The van der Waals surface area contributed by atoms with Gasteiger partial charge < -0.3 is 14.4 Å². The Hall–Kier alpha value is -2.83. The maximum Gasteiger partial charge on any atom is 0.286 e. The van der Waals surface area contributed by atoms with E-state index in [1.165, 1.54) is 22.8 Å². The Labute approximate surface area is 180 Å². The Morgan fingerprint density at radius 2 is 1.73 bits per heavy atom. The standard InChI is InChI=1S/C24H24N4OS/c1-26-11-13-27(14-12-26)24-25-23(29)22(30-24)15-19-17-28(16-18-7-3-2-4-8-18)21-10-6-5-9-20(19)21/h2-10,15,17H,11-14,16H2,1H3/b22-15+. The van der Waals surface area contributed by atoms with Crippen molar-refractivity contribution >= 4 is 39.8 Å². The van der Waals surface area contributed by atoms with Crippen LogP contribution in [0.5, 0.6) is 0 Å². The van der Waals surface area contributed by atoms with Gasteiger partial charge in [0.25, 0.3) is 5.91 Å². The summed E-state index contributed by atoms with van der Waals surface area (Å²) in [4.78, 5) is 22.2. The molecule has 152 valence electrons. The zero-order chi connectivity index (χ0) is 20.5. The van der Waals surface area contributed by atoms with E-state index in [9.17, 15) is 4.79 Å². The number of amidine groups is 1. The predicted octanol–water partition coefficient (Wildman–Crippen LogP) is 3.91. The third-order valence-electron chi connectivity index (χ3n) is 5.68. The van der Waals surface area contributed by atoms with Gasteiger partial charge in [-0.1, -0.05) is 48.5 Å². The van der Waals surface area contributed by atoms with E-state index in [4.69, 9.17) is 0 Å². The summed E-state index contributed by atoms with van der Waals surface area (Å²) in [6.45, 7) is 4.63. The number of nitrogens with zero attached hydrogens (tertiary/aromatic N) is 4. The lowest BCUT2D eigenvalue weighted by molar-refractivity contribution is -0.113. The van der Waals surface area contributed by atoms with Crippen LogP contribution in [0.15, 0.2) is 70.7 Å². The Morgan fingerprint density at radius 3 is 2.53 bits per heavy atom. The second kappa shape index (κ2) is 8.13. The highest BCUT2D eigenvalue weighted by Crippen LogP contribution is 2.33. The SMILES string of the molecule is CN1CCN(C2=NC(=O)/C(=C\c3cn(Cc4ccccc4)c4ccccc34)S2)CC1. The number of rotatable bonds is 3. The Morgan fingerprint density at radius 1 is 1.00 bits per heavy atom. The van der Waals surface area contributed by atoms with Crippen molar-refractivity contribution in [2.24, 2.45) is 4.99 Å². The number of hydrogen-bond donors (Lipinski definition) is 0. The van der Waals surface area contributed by atoms with Crippen LogP contribution in [0.2, 0.25) is 0 Å². The molecule has 0 aliphatic carbocycles. The monoisotopic (exact) mass is 416 g/mol. The van der Waals surface area contributed by atoms with Crippen LogP contribution < -0.4 is 0 Å². The third kappa shape index (κ3) is 3.80. The van der Waals surface area contributed by atoms with Crippen molar-refractivity contribution in [1.82, 2.24) is 14.4 Å². The molecule has 0 bridgehead atoms. The number of aliphatic imine (C=N–C) groups is 1. The lowest BCUT2D eigenvalue weighted by atomic mass is 10.1. The second-order valence-electron chi connectivity index (χ2n) is 7.82. The number of amides is 1. The minimum absolute atomic E-state index is 0.131. The normalized spacial score (nSPS) is 19.1. The molecule has 0 radical (unpaired) electrons. The molecule has 0 saturated carbocycles. The Kier molecular flexibility index (Phi) is 5.19. The highest BCUT2D eigenvalue weighted by Gasteiger charge is 2.28. The number of likely N-dealkylation sites (N-methyl/N-ethyl adjacent to an activating group) is 1. The third-order valence-corrected chi connectivity index (χ3v) is 6.73. The summed E-state index contributed by atoms with van der Waals surface area (Å²) in [5.74, 6) is -0.131. The fraction of sp³-hybridized carbons (Fsp3) is 0.250. The quantitative estimate of drug-likeness (QED) is 0.607. The molecule has 2 aromatic carbocycles. The molecule has 3 aromatic rings. The van der Waals surface area contributed by atoms with Crippen LogP contribution in [0.25, 0.3) is 17.0 Å². The molecule has 5 nitrogen and oxygen atoms in total. The zero-order valence-corrected chi connectivity index (χ0v) is 17.8. The number of benzene rings is 2. The van der Waals surface area contributed by atoms with Gasteiger partial charge in [-0.15, -0.1) is 0 Å². The first-order chi connectivity index (χ1) is 14.7. The molecule has 0 atom stereocenters. The first-order valence-electron chi connectivity index (χ1n) is 10.3. The molecule has 0 unspecified atom stereocenters. The summed E-state index contributed by atoms with van der Waals surface area (Å²) >= 11 is 1.50. The number of fused-ring (bicyclic) bond motifs is 1. The van der Waals surface area contributed by atoms with E-state index < -0.39 is 0 Å². The average Bonchev–Trinajstić information content (AvgIpc) is 3.30. The van der Waals surface area contributed by atoms with Crippen LogP contribution in [0, 0.1) is 0 Å². The lowest BCUT2D eigenvalue weighted by Gasteiger charge is -2.32. The first kappa shape index (κ1) is 19.2. The van der Waals surface area contributed by atoms with Crippen molar-refractivity contribution in [1.29, 1.82) is 0 Å². The minimum atomic E-state index is -0.131. The maximum absolute atomic E-state index is 12.6. The highest BCUT2D eigenvalue weighted by atomic mass is 32.2. The van der Waals surface area contributed by atoms with Crippen molar-refractivity contribution in [2.45, 2.75) is 6.54 Å². The summed E-state index contributed by atoms with van der Waals surface area (Å²) in [6.07, 6.45) is 4.15. The number of aromatic nitrogens is 1. The van der Waals surface area contributed by atoms with E-state index in [1.54, 1.807) is 0 Å². The van der Waals surface area contributed by atoms with Crippen LogP contribution in [0.1, 0.15) is 11.1 Å². The molecule has 5 rings (SSSR count). The summed E-state index contributed by atoms with van der Waals surface area (Å²) in [6, 6.07) is 18.8. The van der Waals surface area contributed by atoms with E-state index in [2.05, 4.69) is 75.1 Å². The van der Waals surface area contributed by atoms with Crippen molar-refractivity contribution in [3.63, 3.8) is 0 Å². The maximum atomic E-state index is 12.6. The van der Waals surface area contributed by atoms with Gasteiger partial charge >= 0.3 is 0 Å². The lowest BCUT2D eigenvalue weighted by Crippen LogP contribution is -2.46. The number of carbonyl (C=O) groups excluding carboxylic acids is 1. The Balaban J connectivity index is 1.43. The van der Waals surface area contributed by atoms with Gasteiger partial charge in [0.15, 0.2) is 5.17 Å². The van der Waals surface area contributed by atoms with E-state index in [-0.39, 0.29) is 5.91 Å². The minimum Gasteiger partial charge on any atom is -0.348 e. The van der Waals surface area contributed by atoms with E-state index in [0.29, 0.717) is 4.91 Å². The summed E-state index contributed by atoms with van der Waals surface area (Å²) in [5.41, 5.74) is 3.49. The molecular formula is C24H24N4OS. The summed E-state index contributed by atoms with van der Waals surface area (Å²) < 4.78 is 2.25. The van der Waals surface area contributed by atoms with Crippen molar-refractivity contribution in [3.8, 4) is 0 Å². The molecule has 2 aliphatic heterocycles. The molecule has 2 aliphatic rings. The molecule has 1 aromatic heterocycles. The molecule has 0 N–H and O–H groups in total. The van der Waals surface area contributed by atoms with Gasteiger partial charge in [-0.2, -0.15) is 4.99 Å². The molecule has 3 heterocycles. The van der Waals surface area contributed by atoms with Crippen molar-refractivity contribution < 1.29 is 4.79 Å². The van der Waals surface area contributed by atoms with Crippen molar-refractivity contribution in [3.05, 3.63) is 76.8 Å². The first-order valence-corrected chi connectivity index (χ1v) is 11.1. The molecule has 1 amide bonds. The predicted molar refractivity (Wildman–Crippen MR) is 125 cm³/mol. The van der Waals surface area contributed by atoms with Crippen LogP contribution in [-0.4, -0.2) is 58.7 Å². The van der Waals surface area contributed by atoms with E-state index in [1.807, 2.05) is 18.2 Å². The molecule has 30 heavy (non-hydrogen) atoms. The number of carbonyl (C=O) groups is 1. The smallest absolute Gasteiger partial charge is 0.286 e. The van der Waals surface area contributed by atoms with Gasteiger partial charge in [0.1, 0.15) is 0 Å². The highest BCUT2D eigenvalue weighted by molar-refractivity contribution is 8.18. The van der Waals surface area contributed by atoms with Gasteiger partial charge in [0, 0.05) is 55.4 Å². The summed E-state index contributed by atoms with van der Waals surface area (Å²) in [7, 11) is 2.13. The van der Waals surface area contributed by atoms with E-state index >= 15 is 0 Å². The van der Waals surface area contributed by atoms with Crippen LogP contribution >= 0.6 is 11.8 Å². The van der Waals surface area contributed by atoms with E-state index in [0.717, 1.165) is 48.8 Å². The topological polar surface area (TPSA) is 40.8 Å². The second-order valence-corrected chi connectivity index (χ2v) is 8.82. The largest absolute Gasteiger partial charge is 0.348 e. The number of hydrogen-bond acceptors (Lipinski definition) is 4. The summed E-state index contributed by atoms with van der Waals surface area (Å²) in [5, 5.41) is 2.00. The fourth-order valence-corrected chi connectivity index (χ4v) is 4.93. The number of para-hydroxylation sites is 1. The fourth-order valence-electron chi connectivity index (χ4n) is 3.97. The number of thioether (sulfide) groups is 1. The van der Waals surface area contributed by atoms with Crippen LogP contribution in [0.4, 0.5) is 0 Å². The molecule has 6 heteroatoms. The van der Waals surface area contributed by atoms with Gasteiger partial charge in [0.2, 0.25) is 0 Å². The zero-order valence-electron chi connectivity index (χ0n) is 17.0. The van der Waals surface area contributed by atoms with Crippen LogP contribution in [0.3, 0.4) is 0 Å². The van der Waals surface area contributed by atoms with Gasteiger partial charge in [-0.05, 0) is 36.5 Å². The molecular weight excluding hydrogens is 392 g/mol. The van der Waals surface area contributed by atoms with Gasteiger partial charge in [-0.3, -0.25) is 4.79 Å². The Bertz CT molecular complexity index is 1140. The molecule has 1 saturated heterocycles. The van der Waals surface area contributed by atoms with Crippen LogP contribution in [-0.2, 0) is 11.3 Å². The van der Waals surface area contributed by atoms with Crippen molar-refractivity contribution in [2.75, 3.05) is 33.2 Å².